The lowest BCUT2D eigenvalue weighted by molar-refractivity contribution is -0.128. The van der Waals surface area contributed by atoms with E-state index in [-0.39, 0.29) is 18.3 Å². The first-order chi connectivity index (χ1) is 7.10. The van der Waals surface area contributed by atoms with Crippen molar-refractivity contribution in [1.82, 2.24) is 10.2 Å². The first kappa shape index (κ1) is 12.3. The van der Waals surface area contributed by atoms with Crippen LogP contribution in [0.15, 0.2) is 0 Å². The monoisotopic (exact) mass is 234 g/mol. The highest BCUT2D eigenvalue weighted by Gasteiger charge is 2.37. The van der Waals surface area contributed by atoms with Gasteiger partial charge in [0.1, 0.15) is 6.04 Å². The Morgan fingerprint density at radius 2 is 2.27 bits per heavy atom. The lowest BCUT2D eigenvalue weighted by atomic mass is 10.1. The molecule has 6 heteroatoms. The number of halogens is 1. The molecule has 0 saturated carbocycles. The number of nitrogens with one attached hydrogen (secondary N) is 1. The van der Waals surface area contributed by atoms with Gasteiger partial charge in [0, 0.05) is 0 Å². The fourth-order valence-corrected chi connectivity index (χ4v) is 1.59. The Morgan fingerprint density at radius 1 is 1.60 bits per heavy atom. The van der Waals surface area contributed by atoms with Gasteiger partial charge >= 0.3 is 6.03 Å². The van der Waals surface area contributed by atoms with Crippen LogP contribution in [0, 0.1) is 0 Å². The fourth-order valence-electron chi connectivity index (χ4n) is 1.49. The maximum atomic E-state index is 11.6. The van der Waals surface area contributed by atoms with Crippen LogP contribution in [0.4, 0.5) is 4.79 Å². The third kappa shape index (κ3) is 2.82. The molecule has 1 heterocycles. The van der Waals surface area contributed by atoms with Crippen LogP contribution in [0.3, 0.4) is 0 Å². The van der Waals surface area contributed by atoms with Crippen molar-refractivity contribution in [3.63, 3.8) is 0 Å². The molecule has 2 atom stereocenters. The van der Waals surface area contributed by atoms with E-state index in [9.17, 15) is 14.7 Å². The Morgan fingerprint density at radius 3 is 2.80 bits per heavy atom. The van der Waals surface area contributed by atoms with E-state index in [1.807, 2.05) is 6.92 Å². The Hall–Kier alpha value is -0.810. The summed E-state index contributed by atoms with van der Waals surface area (Å²) in [5.41, 5.74) is 0. The summed E-state index contributed by atoms with van der Waals surface area (Å²) in [6.45, 7) is 1.91. The Kier molecular flexibility index (Phi) is 4.35. The molecule has 1 aliphatic heterocycles. The van der Waals surface area contributed by atoms with Crippen LogP contribution < -0.4 is 5.32 Å². The molecule has 1 rings (SSSR count). The summed E-state index contributed by atoms with van der Waals surface area (Å²) < 4.78 is 0. The zero-order valence-corrected chi connectivity index (χ0v) is 9.33. The minimum Gasteiger partial charge on any atom is -0.390 e. The van der Waals surface area contributed by atoms with Crippen molar-refractivity contribution in [3.8, 4) is 0 Å². The summed E-state index contributed by atoms with van der Waals surface area (Å²) in [5.74, 6) is -0.263. The van der Waals surface area contributed by atoms with Crippen LogP contribution >= 0.6 is 11.6 Å². The number of β-amino-alcohol motifs (C(OH)–C–C–N with tert-alkyl or cyclic N) is 1. The van der Waals surface area contributed by atoms with Crippen molar-refractivity contribution < 1.29 is 14.7 Å². The SMILES string of the molecule is CCCC1NC(=O)N(CC(O)CCl)C1=O. The van der Waals surface area contributed by atoms with Crippen LogP contribution in [0.5, 0.6) is 0 Å². The van der Waals surface area contributed by atoms with Gasteiger partial charge in [-0.05, 0) is 6.42 Å². The lowest BCUT2D eigenvalue weighted by Crippen LogP contribution is -2.38. The lowest BCUT2D eigenvalue weighted by Gasteiger charge is -2.15. The summed E-state index contributed by atoms with van der Waals surface area (Å²) in [5, 5.41) is 11.8. The number of imide groups is 1. The third-order valence-corrected chi connectivity index (χ3v) is 2.61. The van der Waals surface area contributed by atoms with Crippen LogP contribution in [0.1, 0.15) is 19.8 Å². The maximum absolute atomic E-state index is 11.6. The van der Waals surface area contributed by atoms with Crippen molar-refractivity contribution >= 4 is 23.5 Å². The highest BCUT2D eigenvalue weighted by Crippen LogP contribution is 2.11. The molecule has 1 fully saturated rings. The predicted molar refractivity (Wildman–Crippen MR) is 55.7 cm³/mol. The first-order valence-electron chi connectivity index (χ1n) is 4.96. The van der Waals surface area contributed by atoms with E-state index in [2.05, 4.69) is 5.32 Å². The Labute approximate surface area is 93.4 Å². The molecule has 1 aliphatic rings. The molecule has 2 N–H and O–H groups in total. The Bertz CT molecular complexity index is 260. The number of urea groups is 1. The van der Waals surface area contributed by atoms with Crippen molar-refractivity contribution in [2.45, 2.75) is 31.9 Å². The molecule has 15 heavy (non-hydrogen) atoms. The van der Waals surface area contributed by atoms with Crippen molar-refractivity contribution in [1.29, 1.82) is 0 Å². The van der Waals surface area contributed by atoms with Gasteiger partial charge in [-0.3, -0.25) is 9.69 Å². The topological polar surface area (TPSA) is 69.6 Å². The summed E-state index contributed by atoms with van der Waals surface area (Å²) in [4.78, 5) is 24.0. The third-order valence-electron chi connectivity index (χ3n) is 2.26. The number of carbonyl (C=O) groups is 2. The molecule has 0 radical (unpaired) electrons. The Balaban J connectivity index is 2.58. The number of aliphatic hydroxyl groups excluding tert-OH is 1. The number of hydrogen-bond acceptors (Lipinski definition) is 3. The predicted octanol–water partition coefficient (Wildman–Crippen LogP) is 0.307. The van der Waals surface area contributed by atoms with Gasteiger partial charge in [-0.15, -0.1) is 11.6 Å². The highest BCUT2D eigenvalue weighted by molar-refractivity contribution is 6.18. The number of aliphatic hydroxyl groups is 1. The standard InChI is InChI=1S/C9H15ClN2O3/c1-2-3-7-8(14)12(9(15)11-7)5-6(13)4-10/h6-7,13H,2-5H2,1H3,(H,11,15). The van der Waals surface area contributed by atoms with Gasteiger partial charge in [0.05, 0.1) is 18.5 Å². The maximum Gasteiger partial charge on any atom is 0.324 e. The van der Waals surface area contributed by atoms with E-state index >= 15 is 0 Å². The van der Waals surface area contributed by atoms with Crippen LogP contribution in [0.2, 0.25) is 0 Å². The first-order valence-corrected chi connectivity index (χ1v) is 5.49. The number of hydrogen-bond donors (Lipinski definition) is 2. The molecule has 0 aliphatic carbocycles. The second kappa shape index (κ2) is 5.32. The smallest absolute Gasteiger partial charge is 0.324 e. The molecule has 2 unspecified atom stereocenters. The molecule has 0 aromatic carbocycles. The van der Waals surface area contributed by atoms with Crippen LogP contribution in [0.25, 0.3) is 0 Å². The zero-order chi connectivity index (χ0) is 11.4. The molecule has 1 saturated heterocycles. The van der Waals surface area contributed by atoms with Gasteiger partial charge in [-0.2, -0.15) is 0 Å². The van der Waals surface area contributed by atoms with Gasteiger partial charge < -0.3 is 10.4 Å². The normalized spacial score (nSPS) is 23.1. The number of alkyl halides is 1. The highest BCUT2D eigenvalue weighted by atomic mass is 35.5. The van der Waals surface area contributed by atoms with Gasteiger partial charge in [0.25, 0.3) is 5.91 Å². The average molecular weight is 235 g/mol. The van der Waals surface area contributed by atoms with Gasteiger partial charge in [0.15, 0.2) is 0 Å². The number of carbonyl (C=O) groups excluding carboxylic acids is 2. The molecular weight excluding hydrogens is 220 g/mol. The molecule has 86 valence electrons. The number of nitrogens with zero attached hydrogens (tertiary/aromatic N) is 1. The van der Waals surface area contributed by atoms with E-state index in [0.29, 0.717) is 6.42 Å². The van der Waals surface area contributed by atoms with E-state index in [0.717, 1.165) is 11.3 Å². The zero-order valence-electron chi connectivity index (χ0n) is 8.57. The van der Waals surface area contributed by atoms with Gasteiger partial charge in [0.2, 0.25) is 0 Å². The van der Waals surface area contributed by atoms with Crippen molar-refractivity contribution in [3.05, 3.63) is 0 Å². The summed E-state index contributed by atoms with van der Waals surface area (Å²) in [6.07, 6.45) is 0.586. The van der Waals surface area contributed by atoms with Crippen molar-refractivity contribution in [2.24, 2.45) is 0 Å². The van der Waals surface area contributed by atoms with Crippen LogP contribution in [-0.2, 0) is 4.79 Å². The van der Waals surface area contributed by atoms with E-state index in [4.69, 9.17) is 11.6 Å². The number of rotatable bonds is 5. The second-order valence-electron chi connectivity index (χ2n) is 3.55. The molecule has 0 aromatic rings. The minimum atomic E-state index is -0.859. The fraction of sp³-hybridized carbons (Fsp3) is 0.778. The van der Waals surface area contributed by atoms with Gasteiger partial charge in [-0.25, -0.2) is 4.79 Å². The number of amides is 3. The molecule has 0 spiro atoms. The largest absolute Gasteiger partial charge is 0.390 e. The summed E-state index contributed by atoms with van der Waals surface area (Å²) >= 11 is 5.40. The molecule has 5 nitrogen and oxygen atoms in total. The summed E-state index contributed by atoms with van der Waals surface area (Å²) in [6, 6.07) is -0.882. The van der Waals surface area contributed by atoms with E-state index in [1.54, 1.807) is 0 Å². The van der Waals surface area contributed by atoms with Crippen molar-refractivity contribution in [2.75, 3.05) is 12.4 Å². The van der Waals surface area contributed by atoms with Gasteiger partial charge in [-0.1, -0.05) is 13.3 Å². The van der Waals surface area contributed by atoms with E-state index < -0.39 is 18.2 Å². The molecule has 3 amide bonds. The molecule has 0 aromatic heterocycles. The molecular formula is C9H15ClN2O3. The molecule has 0 bridgehead atoms. The second-order valence-corrected chi connectivity index (χ2v) is 3.86. The summed E-state index contributed by atoms with van der Waals surface area (Å²) in [7, 11) is 0. The average Bonchev–Trinajstić information content (AvgIpc) is 2.46. The quantitative estimate of drug-likeness (QED) is 0.531. The van der Waals surface area contributed by atoms with Crippen LogP contribution in [-0.4, -0.2) is 46.5 Å². The van der Waals surface area contributed by atoms with E-state index in [1.165, 1.54) is 0 Å². The minimum absolute atomic E-state index is 0.00943.